The van der Waals surface area contributed by atoms with E-state index < -0.39 is 6.04 Å². The Labute approximate surface area is 199 Å². The summed E-state index contributed by atoms with van der Waals surface area (Å²) >= 11 is 0. The zero-order chi connectivity index (χ0) is 24.2. The van der Waals surface area contributed by atoms with Crippen LogP contribution in [0.4, 0.5) is 0 Å². The number of ether oxygens (including phenoxy) is 2. The molecule has 1 aromatic heterocycles. The Morgan fingerprint density at radius 3 is 2.71 bits per heavy atom. The third-order valence-electron chi connectivity index (χ3n) is 6.09. The predicted molar refractivity (Wildman–Crippen MR) is 128 cm³/mol. The maximum Gasteiger partial charge on any atom is 0.273 e. The summed E-state index contributed by atoms with van der Waals surface area (Å²) in [6, 6.07) is 10.5. The summed E-state index contributed by atoms with van der Waals surface area (Å²) in [6.45, 7) is 4.99. The third-order valence-corrected chi connectivity index (χ3v) is 6.09. The molecule has 2 aromatic carbocycles. The van der Waals surface area contributed by atoms with Crippen molar-refractivity contribution in [1.29, 1.82) is 0 Å². The summed E-state index contributed by atoms with van der Waals surface area (Å²) in [5.41, 5.74) is 3.98. The number of aliphatic hydroxyl groups is 1. The predicted octanol–water partition coefficient (Wildman–Crippen LogP) is 4.21. The second-order valence-corrected chi connectivity index (χ2v) is 8.47. The van der Waals surface area contributed by atoms with Crippen LogP contribution in [0, 0.1) is 6.92 Å². The fourth-order valence-electron chi connectivity index (χ4n) is 4.36. The maximum atomic E-state index is 13.3. The zero-order valence-corrected chi connectivity index (χ0v) is 19.8. The van der Waals surface area contributed by atoms with Gasteiger partial charge in [0, 0.05) is 24.3 Å². The molecule has 3 aromatic rings. The Morgan fingerprint density at radius 1 is 1.15 bits per heavy atom. The number of H-pyrrole nitrogens is 1. The van der Waals surface area contributed by atoms with Gasteiger partial charge in [-0.25, -0.2) is 0 Å². The Kier molecular flexibility index (Phi) is 7.07. The second-order valence-electron chi connectivity index (χ2n) is 8.47. The largest absolute Gasteiger partial charge is 0.507 e. The van der Waals surface area contributed by atoms with Crippen LogP contribution >= 0.6 is 0 Å². The molecule has 2 heterocycles. The first-order valence-corrected chi connectivity index (χ1v) is 11.6. The Hall–Kier alpha value is -3.52. The van der Waals surface area contributed by atoms with E-state index in [0.29, 0.717) is 53.6 Å². The number of fused-ring (bicyclic) bond motifs is 1. The summed E-state index contributed by atoms with van der Waals surface area (Å²) in [7, 11) is 1.59. The van der Waals surface area contributed by atoms with Gasteiger partial charge in [-0.05, 0) is 49.6 Å². The van der Waals surface area contributed by atoms with Crippen LogP contribution < -0.4 is 9.47 Å². The number of hydrogen-bond acceptors (Lipinski definition) is 6. The lowest BCUT2D eigenvalue weighted by Gasteiger charge is -2.27. The minimum atomic E-state index is -0.457. The highest BCUT2D eigenvalue weighted by Gasteiger charge is 2.42. The lowest BCUT2D eigenvalue weighted by molar-refractivity contribution is 0.0732. The summed E-state index contributed by atoms with van der Waals surface area (Å²) in [4.78, 5) is 15.1. The van der Waals surface area contributed by atoms with Gasteiger partial charge in [0.05, 0.1) is 19.8 Å². The monoisotopic (exact) mass is 465 g/mol. The number of amides is 1. The minimum Gasteiger partial charge on any atom is -0.507 e. The van der Waals surface area contributed by atoms with Crippen LogP contribution in [0.2, 0.25) is 0 Å². The molecule has 34 heavy (non-hydrogen) atoms. The van der Waals surface area contributed by atoms with Gasteiger partial charge >= 0.3 is 0 Å². The molecule has 0 aliphatic carbocycles. The molecular weight excluding hydrogens is 434 g/mol. The first-order chi connectivity index (χ1) is 16.5. The summed E-state index contributed by atoms with van der Waals surface area (Å²) in [5, 5.41) is 27.3. The summed E-state index contributed by atoms with van der Waals surface area (Å²) in [5.74, 6) is 1.13. The van der Waals surface area contributed by atoms with E-state index in [9.17, 15) is 15.0 Å². The smallest absolute Gasteiger partial charge is 0.273 e. The van der Waals surface area contributed by atoms with Crippen molar-refractivity contribution in [3.05, 3.63) is 58.8 Å². The van der Waals surface area contributed by atoms with Crippen molar-refractivity contribution in [3.8, 4) is 28.5 Å². The number of phenols is 1. The molecule has 0 radical (unpaired) electrons. The van der Waals surface area contributed by atoms with Gasteiger partial charge in [-0.15, -0.1) is 0 Å². The van der Waals surface area contributed by atoms with E-state index in [1.165, 1.54) is 0 Å². The van der Waals surface area contributed by atoms with Gasteiger partial charge in [-0.3, -0.25) is 9.89 Å². The van der Waals surface area contributed by atoms with Crippen molar-refractivity contribution in [1.82, 2.24) is 15.1 Å². The topological polar surface area (TPSA) is 108 Å². The minimum absolute atomic E-state index is 0.0261. The molecule has 8 heteroatoms. The van der Waals surface area contributed by atoms with Crippen molar-refractivity contribution >= 4 is 5.91 Å². The molecule has 0 unspecified atom stereocenters. The van der Waals surface area contributed by atoms with E-state index in [1.807, 2.05) is 37.3 Å². The fourth-order valence-corrected chi connectivity index (χ4v) is 4.36. The van der Waals surface area contributed by atoms with Crippen molar-refractivity contribution in [3.63, 3.8) is 0 Å². The number of hydrogen-bond donors (Lipinski definition) is 3. The number of carbonyl (C=O) groups excluding carboxylic acids is 1. The standard InChI is InChI=1S/C26H31N3O5/c1-4-5-13-34-20-10-8-17(15-21(20)33-3)25-22-23(18-14-16(2)7-9-19(18)31)27-28-24(22)26(32)29(25)11-6-12-30/h7-10,14-15,25,30-31H,4-6,11-13H2,1-3H3,(H,27,28)/t25-/m1/s1. The molecule has 8 nitrogen and oxygen atoms in total. The average Bonchev–Trinajstić information content (AvgIpc) is 3.38. The number of aromatic amines is 1. The highest BCUT2D eigenvalue weighted by atomic mass is 16.5. The number of carbonyl (C=O) groups is 1. The highest BCUT2D eigenvalue weighted by Crippen LogP contribution is 2.46. The van der Waals surface area contributed by atoms with Crippen LogP contribution in [-0.4, -0.2) is 58.1 Å². The molecular formula is C26H31N3O5. The molecule has 0 spiro atoms. The van der Waals surface area contributed by atoms with Gasteiger partial charge in [0.25, 0.3) is 5.91 Å². The van der Waals surface area contributed by atoms with Crippen molar-refractivity contribution in [2.24, 2.45) is 0 Å². The summed E-state index contributed by atoms with van der Waals surface area (Å²) < 4.78 is 11.5. The molecule has 3 N–H and O–H groups in total. The normalized spacial score (nSPS) is 15.0. The molecule has 0 fully saturated rings. The van der Waals surface area contributed by atoms with E-state index in [4.69, 9.17) is 9.47 Å². The van der Waals surface area contributed by atoms with Crippen LogP contribution in [0.1, 0.15) is 59.4 Å². The number of unbranched alkanes of at least 4 members (excludes halogenated alkanes) is 1. The average molecular weight is 466 g/mol. The molecule has 1 aliphatic rings. The molecule has 0 bridgehead atoms. The fraction of sp³-hybridized carbons (Fsp3) is 0.385. The van der Waals surface area contributed by atoms with E-state index in [-0.39, 0.29) is 18.3 Å². The number of aromatic hydroxyl groups is 1. The van der Waals surface area contributed by atoms with Crippen LogP contribution in [-0.2, 0) is 0 Å². The van der Waals surface area contributed by atoms with Gasteiger partial charge in [0.1, 0.15) is 17.1 Å². The number of aryl methyl sites for hydroxylation is 1. The van der Waals surface area contributed by atoms with E-state index in [0.717, 1.165) is 24.0 Å². The first-order valence-electron chi connectivity index (χ1n) is 11.6. The SMILES string of the molecule is CCCCOc1ccc([C@@H]2c3c(-c4cc(C)ccc4O)n[nH]c3C(=O)N2CCCO)cc1OC. The third kappa shape index (κ3) is 4.33. The van der Waals surface area contributed by atoms with Gasteiger partial charge in [0.2, 0.25) is 0 Å². The van der Waals surface area contributed by atoms with Crippen molar-refractivity contribution in [2.75, 3.05) is 26.9 Å². The van der Waals surface area contributed by atoms with Gasteiger partial charge in [-0.2, -0.15) is 5.10 Å². The Bertz CT molecular complexity index is 1170. The highest BCUT2D eigenvalue weighted by molar-refractivity contribution is 6.00. The Balaban J connectivity index is 1.82. The van der Waals surface area contributed by atoms with Crippen LogP contribution in [0.5, 0.6) is 17.2 Å². The molecule has 1 atom stereocenters. The number of nitrogens with one attached hydrogen (secondary N) is 1. The second kappa shape index (κ2) is 10.2. The van der Waals surface area contributed by atoms with Crippen LogP contribution in [0.3, 0.4) is 0 Å². The van der Waals surface area contributed by atoms with Crippen molar-refractivity contribution < 1.29 is 24.5 Å². The molecule has 1 amide bonds. The lowest BCUT2D eigenvalue weighted by atomic mass is 9.94. The van der Waals surface area contributed by atoms with Crippen molar-refractivity contribution in [2.45, 2.75) is 39.2 Å². The van der Waals surface area contributed by atoms with E-state index in [1.54, 1.807) is 18.1 Å². The zero-order valence-electron chi connectivity index (χ0n) is 19.8. The number of phenolic OH excluding ortho intramolecular Hbond substituents is 1. The van der Waals surface area contributed by atoms with Gasteiger partial charge in [0.15, 0.2) is 11.5 Å². The molecule has 0 saturated heterocycles. The number of rotatable bonds is 10. The number of aromatic nitrogens is 2. The number of benzene rings is 2. The molecule has 0 saturated carbocycles. The summed E-state index contributed by atoms with van der Waals surface area (Å²) in [6.07, 6.45) is 2.42. The molecule has 1 aliphatic heterocycles. The first kappa shape index (κ1) is 23.6. The van der Waals surface area contributed by atoms with Gasteiger partial charge in [-0.1, -0.05) is 31.0 Å². The lowest BCUT2D eigenvalue weighted by Crippen LogP contribution is -2.31. The quantitative estimate of drug-likeness (QED) is 0.387. The van der Waals surface area contributed by atoms with Crippen LogP contribution in [0.15, 0.2) is 36.4 Å². The Morgan fingerprint density at radius 2 is 1.97 bits per heavy atom. The number of nitrogens with zero attached hydrogens (tertiary/aromatic N) is 2. The number of aliphatic hydroxyl groups excluding tert-OH is 1. The van der Waals surface area contributed by atoms with E-state index >= 15 is 0 Å². The molecule has 180 valence electrons. The molecule has 4 rings (SSSR count). The maximum absolute atomic E-state index is 13.3. The van der Waals surface area contributed by atoms with E-state index in [2.05, 4.69) is 17.1 Å². The van der Waals surface area contributed by atoms with Gasteiger partial charge < -0.3 is 24.6 Å². The number of methoxy groups -OCH3 is 1. The van der Waals surface area contributed by atoms with Crippen LogP contribution in [0.25, 0.3) is 11.3 Å².